The molecule has 4 rings (SSSR count). The minimum atomic E-state index is -1.83. The highest BCUT2D eigenvalue weighted by Crippen LogP contribution is 2.24. The first-order chi connectivity index (χ1) is 41.8. The van der Waals surface area contributed by atoms with E-state index < -0.39 is 107 Å². The number of amides is 4. The van der Waals surface area contributed by atoms with Gasteiger partial charge in [-0.3, -0.25) is 40.6 Å². The topological polar surface area (TPSA) is 399 Å². The lowest BCUT2D eigenvalue weighted by Gasteiger charge is -2.26. The van der Waals surface area contributed by atoms with Crippen LogP contribution in [-0.4, -0.2) is 156 Å². The number of hydrogen-bond donors (Lipinski definition) is 8. The van der Waals surface area contributed by atoms with E-state index in [1.54, 1.807) is 83.1 Å². The molecule has 4 aromatic carbocycles. The average Bonchev–Trinajstić information content (AvgIpc) is 0.952. The number of benzene rings is 4. The van der Waals surface area contributed by atoms with Crippen molar-refractivity contribution in [3.8, 4) is 23.0 Å². The number of aliphatic carboxylic acids is 2. The fourth-order valence-electron chi connectivity index (χ4n) is 7.26. The van der Waals surface area contributed by atoms with Crippen LogP contribution in [0.4, 0.5) is 9.59 Å². The van der Waals surface area contributed by atoms with Gasteiger partial charge in [0.25, 0.3) is 11.8 Å². The second-order valence-corrected chi connectivity index (χ2v) is 23.6. The molecule has 4 amide bonds. The van der Waals surface area contributed by atoms with Crippen LogP contribution in [0.25, 0.3) is 0 Å². The normalized spacial score (nSPS) is 12.1. The van der Waals surface area contributed by atoms with Gasteiger partial charge in [-0.05, 0) is 168 Å². The van der Waals surface area contributed by atoms with Gasteiger partial charge in [0.05, 0.1) is 50.4 Å². The molecule has 0 saturated heterocycles. The first-order valence-corrected chi connectivity index (χ1v) is 27.9. The number of amidine groups is 2. The van der Waals surface area contributed by atoms with Gasteiger partial charge in [0.15, 0.2) is 0 Å². The Morgan fingerprint density at radius 2 is 0.778 bits per heavy atom. The van der Waals surface area contributed by atoms with Crippen LogP contribution in [0.2, 0.25) is 0 Å². The van der Waals surface area contributed by atoms with Crippen LogP contribution in [0.3, 0.4) is 0 Å². The maximum atomic E-state index is 14.0. The first kappa shape index (κ1) is 72.5. The second-order valence-electron chi connectivity index (χ2n) is 23.6. The molecule has 0 fully saturated rings. The number of nitrogens with one attached hydrogen (secondary N) is 6. The molecule has 0 aliphatic carbocycles. The minimum Gasteiger partial charge on any atom is -0.491 e. The van der Waals surface area contributed by atoms with Gasteiger partial charge in [0, 0.05) is 22.3 Å². The summed E-state index contributed by atoms with van der Waals surface area (Å²) in [5.74, 6) is -9.48. The zero-order valence-electron chi connectivity index (χ0n) is 52.0. The molecule has 0 aromatic heterocycles. The summed E-state index contributed by atoms with van der Waals surface area (Å²) < 4.78 is 55.3. The molecule has 28 nitrogen and oxygen atoms in total. The molecule has 4 aromatic rings. The van der Waals surface area contributed by atoms with Crippen LogP contribution in [0, 0.1) is 10.8 Å². The van der Waals surface area contributed by atoms with E-state index in [9.17, 15) is 58.2 Å². The van der Waals surface area contributed by atoms with E-state index in [1.807, 2.05) is 0 Å². The lowest BCUT2D eigenvalue weighted by Crippen LogP contribution is -2.46. The molecular formula is C62H76N6O22. The van der Waals surface area contributed by atoms with Crippen molar-refractivity contribution >= 4 is 71.5 Å². The van der Waals surface area contributed by atoms with E-state index >= 15 is 0 Å². The van der Waals surface area contributed by atoms with Crippen molar-refractivity contribution in [2.24, 2.45) is 0 Å². The van der Waals surface area contributed by atoms with Gasteiger partial charge in [-0.2, -0.15) is 0 Å². The second kappa shape index (κ2) is 32.3. The van der Waals surface area contributed by atoms with E-state index in [-0.39, 0.29) is 108 Å². The zero-order chi connectivity index (χ0) is 67.3. The predicted octanol–water partition coefficient (Wildman–Crippen LogP) is 7.15. The van der Waals surface area contributed by atoms with Gasteiger partial charge in [-0.25, -0.2) is 28.8 Å². The quantitative estimate of drug-likeness (QED) is 0.00733. The van der Waals surface area contributed by atoms with Crippen LogP contribution in [0.1, 0.15) is 148 Å². The zero-order valence-corrected chi connectivity index (χ0v) is 52.0. The molecule has 0 unspecified atom stereocenters. The first-order valence-electron chi connectivity index (χ1n) is 27.9. The van der Waals surface area contributed by atoms with Crippen LogP contribution in [0.5, 0.6) is 23.0 Å². The Labute approximate surface area is 518 Å². The van der Waals surface area contributed by atoms with Crippen LogP contribution >= 0.6 is 0 Å². The Morgan fingerprint density at radius 1 is 0.422 bits per heavy atom. The fraction of sp³-hybridized carbons (Fsp3) is 0.419. The van der Waals surface area contributed by atoms with Gasteiger partial charge < -0.3 is 68.2 Å². The number of hydrogen-bond acceptors (Lipinski definition) is 22. The van der Waals surface area contributed by atoms with E-state index in [0.29, 0.717) is 0 Å². The SMILES string of the molecule is CC(C)(C)OC(=O)C[C@H](NC(=O)c1cc(OCCOCCOCCOc2cc(C(=O)N[C@@H](CC(=O)O)C(=O)O)cc(C(=O)Oc3ccc(C(=N)NC(=O)OC(C)(C)C)cc3)c2)cc(C(=O)Oc2ccc(C(=N)NC(=O)OC(C)(C)C)cc2)c1)C(=O)OC(C)(C)C. The van der Waals surface area contributed by atoms with Crippen LogP contribution < -0.4 is 40.2 Å². The number of rotatable bonds is 27. The molecule has 0 heterocycles. The van der Waals surface area contributed by atoms with Crippen molar-refractivity contribution in [2.75, 3.05) is 39.6 Å². The lowest BCUT2D eigenvalue weighted by molar-refractivity contribution is -0.164. The summed E-state index contributed by atoms with van der Waals surface area (Å²) in [5, 5.41) is 44.5. The molecule has 0 aliphatic rings. The third-order valence-electron chi connectivity index (χ3n) is 10.9. The molecule has 2 atom stereocenters. The van der Waals surface area contributed by atoms with E-state index in [4.69, 9.17) is 58.2 Å². The van der Waals surface area contributed by atoms with Crippen LogP contribution in [-0.2, 0) is 47.6 Å². The third-order valence-corrected chi connectivity index (χ3v) is 10.9. The highest BCUT2D eigenvalue weighted by Gasteiger charge is 2.32. The van der Waals surface area contributed by atoms with Gasteiger partial charge in [0.2, 0.25) is 0 Å². The highest BCUT2D eigenvalue weighted by molar-refractivity contribution is 6.06. The summed E-state index contributed by atoms with van der Waals surface area (Å²) in [6.07, 6.45) is -3.26. The molecular weight excluding hydrogens is 1180 g/mol. The van der Waals surface area contributed by atoms with Crippen molar-refractivity contribution < 1.29 is 106 Å². The average molecular weight is 1260 g/mol. The number of carbonyl (C=O) groups excluding carboxylic acids is 8. The summed E-state index contributed by atoms with van der Waals surface area (Å²) in [7, 11) is 0. The Hall–Kier alpha value is -9.96. The largest absolute Gasteiger partial charge is 0.491 e. The Morgan fingerprint density at radius 3 is 1.13 bits per heavy atom. The molecule has 28 heteroatoms. The van der Waals surface area contributed by atoms with Gasteiger partial charge in [0.1, 0.15) is 82.4 Å². The molecule has 0 aliphatic heterocycles. The monoisotopic (exact) mass is 1260 g/mol. The van der Waals surface area contributed by atoms with Crippen molar-refractivity contribution in [3.63, 3.8) is 0 Å². The van der Waals surface area contributed by atoms with E-state index in [2.05, 4.69) is 21.3 Å². The van der Waals surface area contributed by atoms with E-state index in [0.717, 1.165) is 6.07 Å². The number of esters is 4. The molecule has 486 valence electrons. The smallest absolute Gasteiger partial charge is 0.413 e. The molecule has 0 radical (unpaired) electrons. The number of carbonyl (C=O) groups is 10. The summed E-state index contributed by atoms with van der Waals surface area (Å²) in [4.78, 5) is 128. The summed E-state index contributed by atoms with van der Waals surface area (Å²) >= 11 is 0. The highest BCUT2D eigenvalue weighted by atomic mass is 16.6. The number of ether oxygens (including phenoxy) is 10. The lowest BCUT2D eigenvalue weighted by atomic mass is 10.1. The summed E-state index contributed by atoms with van der Waals surface area (Å²) in [6.45, 7) is 19.2. The fourth-order valence-corrected chi connectivity index (χ4v) is 7.26. The number of alkyl carbamates (subject to hydrolysis) is 2. The Balaban J connectivity index is 1.43. The predicted molar refractivity (Wildman–Crippen MR) is 319 cm³/mol. The molecule has 0 spiro atoms. The standard InChI is InChI=1S/C62H76N6O22/c1-59(2,3)87-48(71)34-46(56(78)88-60(4,5)6)66-52(73)38-28-40(55(77)86-42-19-15-36(16-20-42)50(64)68-58(80)90-62(10,11)12)32-44(30-38)84-26-24-82-22-21-81-23-25-83-43-29-37(51(72)65-45(53(74)75)33-47(69)70)27-39(31-43)54(76)85-41-17-13-35(14-18-41)49(63)67-57(79)89-61(7,8)9/h13-20,27-32,45-46H,21-26,33-34H2,1-12H3,(H,65,72)(H,66,73)(H,69,70)(H,74,75)(H2,63,67,79)(H2,64,68,80)/t45-,46-/m0/s1. The Kier molecular flexibility index (Phi) is 26.0. The van der Waals surface area contributed by atoms with Gasteiger partial charge in [-0.1, -0.05) is 0 Å². The molecule has 0 saturated carbocycles. The maximum absolute atomic E-state index is 14.0. The molecule has 0 bridgehead atoms. The molecule has 90 heavy (non-hydrogen) atoms. The van der Waals surface area contributed by atoms with Gasteiger partial charge >= 0.3 is 48.0 Å². The number of carboxylic acid groups (broad SMARTS) is 2. The van der Waals surface area contributed by atoms with Crippen molar-refractivity contribution in [1.29, 1.82) is 10.8 Å². The van der Waals surface area contributed by atoms with Crippen molar-refractivity contribution in [2.45, 2.75) is 130 Å². The Bertz CT molecular complexity index is 3280. The molecule has 8 N–H and O–H groups in total. The maximum Gasteiger partial charge on any atom is 0.413 e. The van der Waals surface area contributed by atoms with Crippen LogP contribution in [0.15, 0.2) is 84.9 Å². The summed E-state index contributed by atoms with van der Waals surface area (Å²) in [6, 6.07) is 14.9. The minimum absolute atomic E-state index is 0.00892. The van der Waals surface area contributed by atoms with Crippen molar-refractivity contribution in [1.82, 2.24) is 21.3 Å². The van der Waals surface area contributed by atoms with E-state index in [1.165, 1.54) is 78.9 Å². The summed E-state index contributed by atoms with van der Waals surface area (Å²) in [5.41, 5.74) is -4.00. The van der Waals surface area contributed by atoms with Gasteiger partial charge in [-0.15, -0.1) is 0 Å². The third kappa shape index (κ3) is 27.0. The number of carboxylic acids is 2. The van der Waals surface area contributed by atoms with Crippen molar-refractivity contribution in [3.05, 3.63) is 118 Å².